The molecular formula is C29H35N3O4. The largest absolute Gasteiger partial charge is 0.478 e. The Kier molecular flexibility index (Phi) is 6.49. The van der Waals surface area contributed by atoms with E-state index in [1.54, 1.807) is 12.1 Å². The van der Waals surface area contributed by atoms with E-state index in [1.165, 1.54) is 0 Å². The van der Waals surface area contributed by atoms with Gasteiger partial charge in [-0.05, 0) is 62.4 Å². The van der Waals surface area contributed by atoms with E-state index in [1.807, 2.05) is 47.9 Å². The molecule has 1 aliphatic carbocycles. The Morgan fingerprint density at radius 3 is 2.14 bits per heavy atom. The first kappa shape index (κ1) is 24.3. The smallest absolute Gasteiger partial charge is 0.335 e. The summed E-state index contributed by atoms with van der Waals surface area (Å²) in [6.45, 7) is 8.28. The van der Waals surface area contributed by atoms with Gasteiger partial charge in [0, 0.05) is 56.8 Å². The van der Waals surface area contributed by atoms with Gasteiger partial charge in [0.05, 0.1) is 11.0 Å². The Labute approximate surface area is 212 Å². The predicted molar refractivity (Wildman–Crippen MR) is 138 cm³/mol. The average molecular weight is 490 g/mol. The molecule has 3 fully saturated rings. The lowest BCUT2D eigenvalue weighted by Crippen LogP contribution is -2.49. The summed E-state index contributed by atoms with van der Waals surface area (Å²) in [5.74, 6) is -0.233. The molecule has 190 valence electrons. The maximum absolute atomic E-state index is 13.6. The van der Waals surface area contributed by atoms with Crippen LogP contribution in [-0.2, 0) is 15.0 Å². The summed E-state index contributed by atoms with van der Waals surface area (Å²) in [6, 6.07) is 15.4. The number of carbonyl (C=O) groups excluding carboxylic acids is 2. The highest BCUT2D eigenvalue weighted by Crippen LogP contribution is 2.35. The topological polar surface area (TPSA) is 81.2 Å². The molecule has 7 heteroatoms. The van der Waals surface area contributed by atoms with Crippen LogP contribution in [0, 0.1) is 5.92 Å². The second-order valence-electron chi connectivity index (χ2n) is 10.9. The number of hydrogen-bond donors (Lipinski definition) is 1. The summed E-state index contributed by atoms with van der Waals surface area (Å²) in [7, 11) is 0. The predicted octanol–water partition coefficient (Wildman–Crippen LogP) is 3.74. The number of benzene rings is 2. The standard InChI is InChI=1S/C29H35N3O4/c1-29(2,28(36)32-14-13-21(19-32)24-5-3-4-6-25(24)27(34)35)22-9-11-23(12-10-22)30-15-17-31(18-16-30)26(33)20-7-8-20/h3-6,9-12,20-21H,7-8,13-19H2,1-2H3,(H,34,35). The van der Waals surface area contributed by atoms with Crippen molar-refractivity contribution < 1.29 is 19.5 Å². The lowest BCUT2D eigenvalue weighted by Gasteiger charge is -2.36. The first-order chi connectivity index (χ1) is 17.3. The minimum atomic E-state index is -0.924. The van der Waals surface area contributed by atoms with Crippen molar-refractivity contribution in [1.82, 2.24) is 9.80 Å². The monoisotopic (exact) mass is 489 g/mol. The molecule has 2 amide bonds. The maximum atomic E-state index is 13.6. The molecule has 36 heavy (non-hydrogen) atoms. The van der Waals surface area contributed by atoms with E-state index in [2.05, 4.69) is 17.0 Å². The molecule has 0 bridgehead atoms. The maximum Gasteiger partial charge on any atom is 0.335 e. The zero-order valence-electron chi connectivity index (χ0n) is 21.2. The molecule has 2 aromatic carbocycles. The molecule has 3 aliphatic rings. The zero-order chi connectivity index (χ0) is 25.4. The van der Waals surface area contributed by atoms with Crippen LogP contribution in [0.3, 0.4) is 0 Å². The third-order valence-corrected chi connectivity index (χ3v) is 8.11. The number of amides is 2. The fraction of sp³-hybridized carbons (Fsp3) is 0.483. The van der Waals surface area contributed by atoms with E-state index in [4.69, 9.17) is 0 Å². The van der Waals surface area contributed by atoms with Gasteiger partial charge in [-0.25, -0.2) is 4.79 Å². The Bertz CT molecular complexity index is 1150. The van der Waals surface area contributed by atoms with Crippen molar-refractivity contribution in [2.45, 2.75) is 44.4 Å². The van der Waals surface area contributed by atoms with Gasteiger partial charge in [-0.15, -0.1) is 0 Å². The minimum absolute atomic E-state index is 0.0323. The van der Waals surface area contributed by atoms with Gasteiger partial charge in [-0.2, -0.15) is 0 Å². The van der Waals surface area contributed by atoms with Crippen molar-refractivity contribution in [2.24, 2.45) is 5.92 Å². The summed E-state index contributed by atoms with van der Waals surface area (Å²) >= 11 is 0. The third kappa shape index (κ3) is 4.71. The van der Waals surface area contributed by atoms with E-state index in [-0.39, 0.29) is 17.7 Å². The van der Waals surface area contributed by atoms with Gasteiger partial charge < -0.3 is 19.8 Å². The molecule has 5 rings (SSSR count). The van der Waals surface area contributed by atoms with E-state index in [9.17, 15) is 19.5 Å². The van der Waals surface area contributed by atoms with Crippen LogP contribution in [0.25, 0.3) is 0 Å². The van der Waals surface area contributed by atoms with Crippen molar-refractivity contribution in [3.63, 3.8) is 0 Å². The van der Waals surface area contributed by atoms with Crippen LogP contribution in [-0.4, -0.2) is 72.0 Å². The quantitative estimate of drug-likeness (QED) is 0.669. The Morgan fingerprint density at radius 2 is 1.50 bits per heavy atom. The number of piperazine rings is 1. The van der Waals surface area contributed by atoms with Crippen molar-refractivity contribution >= 4 is 23.5 Å². The Morgan fingerprint density at radius 1 is 0.833 bits per heavy atom. The highest BCUT2D eigenvalue weighted by molar-refractivity contribution is 5.90. The lowest BCUT2D eigenvalue weighted by molar-refractivity contribution is -0.135. The van der Waals surface area contributed by atoms with Gasteiger partial charge in [0.25, 0.3) is 0 Å². The molecule has 1 unspecified atom stereocenters. The number of nitrogens with zero attached hydrogens (tertiary/aromatic N) is 3. The van der Waals surface area contributed by atoms with E-state index < -0.39 is 11.4 Å². The number of aromatic carboxylic acids is 1. The minimum Gasteiger partial charge on any atom is -0.478 e. The number of likely N-dealkylation sites (tertiary alicyclic amines) is 1. The number of carbonyl (C=O) groups is 3. The molecule has 0 radical (unpaired) electrons. The van der Waals surface area contributed by atoms with Gasteiger partial charge in [0.1, 0.15) is 0 Å². The summed E-state index contributed by atoms with van der Waals surface area (Å²) < 4.78 is 0. The molecule has 2 saturated heterocycles. The van der Waals surface area contributed by atoms with Crippen molar-refractivity contribution in [3.8, 4) is 0 Å². The molecule has 0 spiro atoms. The fourth-order valence-corrected chi connectivity index (χ4v) is 5.63. The van der Waals surface area contributed by atoms with Gasteiger partial charge in [-0.1, -0.05) is 30.3 Å². The molecule has 1 atom stereocenters. The van der Waals surface area contributed by atoms with Crippen LogP contribution in [0.5, 0.6) is 0 Å². The van der Waals surface area contributed by atoms with E-state index in [0.717, 1.165) is 62.3 Å². The summed E-state index contributed by atoms with van der Waals surface area (Å²) in [6.07, 6.45) is 2.85. The SMILES string of the molecule is CC(C)(C(=O)N1CCC(c2ccccc2C(=O)O)C1)c1ccc(N2CCN(C(=O)C3CC3)CC2)cc1. The summed E-state index contributed by atoms with van der Waals surface area (Å²) in [4.78, 5) is 43.7. The van der Waals surface area contributed by atoms with Gasteiger partial charge >= 0.3 is 5.97 Å². The zero-order valence-corrected chi connectivity index (χ0v) is 21.2. The highest BCUT2D eigenvalue weighted by atomic mass is 16.4. The first-order valence-corrected chi connectivity index (χ1v) is 13.0. The number of carboxylic acids is 1. The van der Waals surface area contributed by atoms with Crippen LogP contribution >= 0.6 is 0 Å². The fourth-order valence-electron chi connectivity index (χ4n) is 5.63. The van der Waals surface area contributed by atoms with Gasteiger partial charge in [0.2, 0.25) is 11.8 Å². The average Bonchev–Trinajstić information content (AvgIpc) is 3.64. The highest BCUT2D eigenvalue weighted by Gasteiger charge is 2.38. The van der Waals surface area contributed by atoms with Gasteiger partial charge in [-0.3, -0.25) is 9.59 Å². The number of hydrogen-bond acceptors (Lipinski definition) is 4. The number of rotatable bonds is 6. The van der Waals surface area contributed by atoms with E-state index >= 15 is 0 Å². The Balaban J connectivity index is 1.22. The Hall–Kier alpha value is -3.35. The van der Waals surface area contributed by atoms with E-state index in [0.29, 0.717) is 24.6 Å². The molecule has 1 N–H and O–H groups in total. The molecule has 0 aromatic heterocycles. The van der Waals surface area contributed by atoms with Crippen LogP contribution < -0.4 is 4.90 Å². The van der Waals surface area contributed by atoms with Crippen LogP contribution in [0.15, 0.2) is 48.5 Å². The first-order valence-electron chi connectivity index (χ1n) is 13.0. The molecular weight excluding hydrogens is 454 g/mol. The van der Waals surface area contributed by atoms with Crippen molar-refractivity contribution in [1.29, 1.82) is 0 Å². The molecule has 1 saturated carbocycles. The van der Waals surface area contributed by atoms with Crippen LogP contribution in [0.1, 0.15) is 60.5 Å². The molecule has 2 heterocycles. The normalized spacial score (nSPS) is 20.5. The summed E-state index contributed by atoms with van der Waals surface area (Å²) in [5.41, 5.74) is 2.53. The second kappa shape index (κ2) is 9.60. The lowest BCUT2D eigenvalue weighted by atomic mass is 9.83. The molecule has 2 aliphatic heterocycles. The van der Waals surface area contributed by atoms with Crippen molar-refractivity contribution in [2.75, 3.05) is 44.2 Å². The number of anilines is 1. The van der Waals surface area contributed by atoms with Crippen LogP contribution in [0.2, 0.25) is 0 Å². The van der Waals surface area contributed by atoms with Crippen LogP contribution in [0.4, 0.5) is 5.69 Å². The molecule has 2 aromatic rings. The van der Waals surface area contributed by atoms with Crippen molar-refractivity contribution in [3.05, 3.63) is 65.2 Å². The molecule has 7 nitrogen and oxygen atoms in total. The third-order valence-electron chi connectivity index (χ3n) is 8.11. The summed E-state index contributed by atoms with van der Waals surface area (Å²) in [5, 5.41) is 9.56. The van der Waals surface area contributed by atoms with Gasteiger partial charge in [0.15, 0.2) is 0 Å². The number of carboxylic acid groups (broad SMARTS) is 1. The second-order valence-corrected chi connectivity index (χ2v) is 10.9.